The van der Waals surface area contributed by atoms with Crippen LogP contribution >= 0.6 is 0 Å². The van der Waals surface area contributed by atoms with Crippen molar-refractivity contribution >= 4 is 11.6 Å². The largest absolute Gasteiger partial charge is 0.323 e. The molecule has 0 atom stereocenters. The highest BCUT2D eigenvalue weighted by molar-refractivity contribution is 5.94. The minimum absolute atomic E-state index is 0.135. The Morgan fingerprint density at radius 1 is 1.69 bits per heavy atom. The fraction of sp³-hybridized carbons (Fsp3) is 0.556. The smallest absolute Gasteiger partial charge is 0.227 e. The molecule has 1 aromatic heterocycles. The molecule has 1 saturated carbocycles. The van der Waals surface area contributed by atoms with E-state index in [1.807, 2.05) is 20.2 Å². The zero-order chi connectivity index (χ0) is 9.42. The standard InChI is InChI=1S/C9H13N3O/c1-6-8(5-12(2)11-6)10-9(13)7-3-4-7/h5,7H,3-4H2,1-2H3,(H,10,13). The van der Waals surface area contributed by atoms with Gasteiger partial charge >= 0.3 is 0 Å². The second kappa shape index (κ2) is 2.87. The van der Waals surface area contributed by atoms with E-state index in [2.05, 4.69) is 10.4 Å². The number of nitrogens with zero attached hydrogens (tertiary/aromatic N) is 2. The van der Waals surface area contributed by atoms with Gasteiger partial charge in [-0.1, -0.05) is 0 Å². The number of carbonyl (C=O) groups excluding carboxylic acids is 1. The lowest BCUT2D eigenvalue weighted by Crippen LogP contribution is -2.13. The summed E-state index contributed by atoms with van der Waals surface area (Å²) in [4.78, 5) is 11.4. The van der Waals surface area contributed by atoms with E-state index in [0.717, 1.165) is 24.2 Å². The van der Waals surface area contributed by atoms with E-state index in [0.29, 0.717) is 0 Å². The Bertz CT molecular complexity index is 339. The molecule has 4 heteroatoms. The van der Waals surface area contributed by atoms with E-state index in [1.165, 1.54) is 0 Å². The maximum Gasteiger partial charge on any atom is 0.227 e. The molecule has 0 aromatic carbocycles. The van der Waals surface area contributed by atoms with Gasteiger partial charge in [0.25, 0.3) is 0 Å². The van der Waals surface area contributed by atoms with E-state index >= 15 is 0 Å². The molecule has 0 unspecified atom stereocenters. The Balaban J connectivity index is 2.07. The highest BCUT2D eigenvalue weighted by Gasteiger charge is 2.29. The van der Waals surface area contributed by atoms with Crippen LogP contribution in [0.25, 0.3) is 0 Å². The molecule has 1 N–H and O–H groups in total. The van der Waals surface area contributed by atoms with Crippen LogP contribution in [-0.4, -0.2) is 15.7 Å². The molecule has 4 nitrogen and oxygen atoms in total. The minimum Gasteiger partial charge on any atom is -0.323 e. The molecule has 0 spiro atoms. The van der Waals surface area contributed by atoms with Gasteiger partial charge in [-0.25, -0.2) is 0 Å². The number of aromatic nitrogens is 2. The molecule has 1 aromatic rings. The third-order valence-electron chi connectivity index (χ3n) is 2.22. The third kappa shape index (κ3) is 1.71. The highest BCUT2D eigenvalue weighted by Crippen LogP contribution is 2.30. The molecule has 1 amide bonds. The number of amides is 1. The summed E-state index contributed by atoms with van der Waals surface area (Å²) < 4.78 is 1.71. The monoisotopic (exact) mass is 179 g/mol. The molecule has 0 aliphatic heterocycles. The molecule has 1 aliphatic carbocycles. The predicted octanol–water partition coefficient (Wildman–Crippen LogP) is 1.08. The van der Waals surface area contributed by atoms with Gasteiger partial charge in [0.05, 0.1) is 11.4 Å². The summed E-state index contributed by atoms with van der Waals surface area (Å²) in [5.74, 6) is 0.385. The normalized spacial score (nSPS) is 15.8. The van der Waals surface area contributed by atoms with Crippen LogP contribution in [0.5, 0.6) is 0 Å². The second-order valence-electron chi connectivity index (χ2n) is 3.57. The molecular formula is C9H13N3O. The first-order chi connectivity index (χ1) is 6.16. The van der Waals surface area contributed by atoms with Crippen LogP contribution in [0.3, 0.4) is 0 Å². The van der Waals surface area contributed by atoms with Gasteiger partial charge in [0.1, 0.15) is 0 Å². The average molecular weight is 179 g/mol. The summed E-state index contributed by atoms with van der Waals surface area (Å²) in [7, 11) is 1.85. The molecule has 13 heavy (non-hydrogen) atoms. The summed E-state index contributed by atoms with van der Waals surface area (Å²) in [5, 5.41) is 7.02. The summed E-state index contributed by atoms with van der Waals surface area (Å²) in [6.45, 7) is 1.89. The Morgan fingerprint density at radius 3 is 2.85 bits per heavy atom. The van der Waals surface area contributed by atoms with Gasteiger partial charge in [-0.2, -0.15) is 5.10 Å². The number of rotatable bonds is 2. The zero-order valence-electron chi connectivity index (χ0n) is 7.87. The molecule has 0 bridgehead atoms. The van der Waals surface area contributed by atoms with Crippen LogP contribution in [0.1, 0.15) is 18.5 Å². The van der Waals surface area contributed by atoms with Gasteiger partial charge in [-0.15, -0.1) is 0 Å². The summed E-state index contributed by atoms with van der Waals surface area (Å²) in [6, 6.07) is 0. The van der Waals surface area contributed by atoms with Crippen molar-refractivity contribution in [1.82, 2.24) is 9.78 Å². The first-order valence-corrected chi connectivity index (χ1v) is 4.48. The Morgan fingerprint density at radius 2 is 2.38 bits per heavy atom. The van der Waals surface area contributed by atoms with Crippen molar-refractivity contribution in [3.63, 3.8) is 0 Å². The Hall–Kier alpha value is -1.32. The molecule has 2 rings (SSSR count). The van der Waals surface area contributed by atoms with Crippen LogP contribution in [0.4, 0.5) is 5.69 Å². The maximum atomic E-state index is 11.4. The van der Waals surface area contributed by atoms with Crippen LogP contribution in [-0.2, 0) is 11.8 Å². The van der Waals surface area contributed by atoms with Crippen LogP contribution < -0.4 is 5.32 Å². The van der Waals surface area contributed by atoms with E-state index in [1.54, 1.807) is 4.68 Å². The lowest BCUT2D eigenvalue weighted by Gasteiger charge is -2.00. The lowest BCUT2D eigenvalue weighted by atomic mass is 10.3. The third-order valence-corrected chi connectivity index (χ3v) is 2.22. The molecule has 0 radical (unpaired) electrons. The molecular weight excluding hydrogens is 166 g/mol. The van der Waals surface area contributed by atoms with Crippen LogP contribution in [0.15, 0.2) is 6.20 Å². The molecule has 0 saturated heterocycles. The molecule has 70 valence electrons. The SMILES string of the molecule is Cc1nn(C)cc1NC(=O)C1CC1. The molecule has 1 fully saturated rings. The van der Waals surface area contributed by atoms with Crippen LogP contribution in [0.2, 0.25) is 0 Å². The predicted molar refractivity (Wildman–Crippen MR) is 49.3 cm³/mol. The van der Waals surface area contributed by atoms with Crippen molar-refractivity contribution in [2.24, 2.45) is 13.0 Å². The summed E-state index contributed by atoms with van der Waals surface area (Å²) in [6.07, 6.45) is 3.89. The molecule has 1 heterocycles. The van der Waals surface area contributed by atoms with Crippen molar-refractivity contribution in [2.45, 2.75) is 19.8 Å². The lowest BCUT2D eigenvalue weighted by molar-refractivity contribution is -0.117. The van der Waals surface area contributed by atoms with Gasteiger partial charge < -0.3 is 5.32 Å². The number of hydrogen-bond donors (Lipinski definition) is 1. The van der Waals surface area contributed by atoms with Crippen molar-refractivity contribution in [1.29, 1.82) is 0 Å². The average Bonchev–Trinajstić information content (AvgIpc) is 2.81. The van der Waals surface area contributed by atoms with E-state index < -0.39 is 0 Å². The van der Waals surface area contributed by atoms with Gasteiger partial charge in [0.15, 0.2) is 0 Å². The zero-order valence-corrected chi connectivity index (χ0v) is 7.87. The van der Waals surface area contributed by atoms with Crippen molar-refractivity contribution in [3.8, 4) is 0 Å². The molecule has 1 aliphatic rings. The Kier molecular flexibility index (Phi) is 1.83. The Labute approximate surface area is 76.9 Å². The number of nitrogens with one attached hydrogen (secondary N) is 1. The van der Waals surface area contributed by atoms with Crippen molar-refractivity contribution < 1.29 is 4.79 Å². The summed E-state index contributed by atoms with van der Waals surface area (Å²) in [5.41, 5.74) is 1.70. The number of aryl methyl sites for hydroxylation is 2. The highest BCUT2D eigenvalue weighted by atomic mass is 16.2. The first-order valence-electron chi connectivity index (χ1n) is 4.48. The van der Waals surface area contributed by atoms with Crippen LogP contribution in [0, 0.1) is 12.8 Å². The van der Waals surface area contributed by atoms with Gasteiger partial charge in [0, 0.05) is 19.2 Å². The number of hydrogen-bond acceptors (Lipinski definition) is 2. The van der Waals surface area contributed by atoms with Gasteiger partial charge in [0.2, 0.25) is 5.91 Å². The maximum absolute atomic E-state index is 11.4. The number of anilines is 1. The first kappa shape index (κ1) is 8.29. The van der Waals surface area contributed by atoms with E-state index in [9.17, 15) is 4.79 Å². The van der Waals surface area contributed by atoms with Crippen molar-refractivity contribution in [3.05, 3.63) is 11.9 Å². The van der Waals surface area contributed by atoms with Crippen molar-refractivity contribution in [2.75, 3.05) is 5.32 Å². The summed E-state index contributed by atoms with van der Waals surface area (Å²) >= 11 is 0. The quantitative estimate of drug-likeness (QED) is 0.738. The second-order valence-corrected chi connectivity index (χ2v) is 3.57. The van der Waals surface area contributed by atoms with E-state index in [-0.39, 0.29) is 11.8 Å². The fourth-order valence-electron chi connectivity index (χ4n) is 1.30. The topological polar surface area (TPSA) is 46.9 Å². The van der Waals surface area contributed by atoms with Gasteiger partial charge in [-0.3, -0.25) is 9.48 Å². The fourth-order valence-corrected chi connectivity index (χ4v) is 1.30. The minimum atomic E-state index is 0.135. The van der Waals surface area contributed by atoms with E-state index in [4.69, 9.17) is 0 Å². The van der Waals surface area contributed by atoms with Gasteiger partial charge in [-0.05, 0) is 19.8 Å². The number of carbonyl (C=O) groups is 1.